The molecule has 2 aromatic carbocycles. The highest BCUT2D eigenvalue weighted by atomic mass is 32.2. The van der Waals surface area contributed by atoms with Crippen LogP contribution in [-0.2, 0) is 38.4 Å². The molecule has 0 saturated carbocycles. The summed E-state index contributed by atoms with van der Waals surface area (Å²) in [6, 6.07) is 9.70. The third-order valence-corrected chi connectivity index (χ3v) is 6.91. The Labute approximate surface area is 236 Å². The van der Waals surface area contributed by atoms with E-state index in [-0.39, 0.29) is 32.1 Å². The van der Waals surface area contributed by atoms with Crippen molar-refractivity contribution in [3.05, 3.63) is 84.0 Å². The quantitative estimate of drug-likeness (QED) is 0.185. The Morgan fingerprint density at radius 2 is 0.927 bits per heavy atom. The zero-order chi connectivity index (χ0) is 30.7. The lowest BCUT2D eigenvalue weighted by Crippen LogP contribution is -2.25. The van der Waals surface area contributed by atoms with Crippen LogP contribution in [-0.4, -0.2) is 81.1 Å². The monoisotopic (exact) mass is 590 g/mol. The maximum atomic E-state index is 13.0. The lowest BCUT2D eigenvalue weighted by Gasteiger charge is -2.12. The maximum Gasteiger partial charge on any atom is 0.338 e. The Bertz CT molecular complexity index is 1290. The van der Waals surface area contributed by atoms with Gasteiger partial charge in [-0.1, -0.05) is 13.2 Å². The van der Waals surface area contributed by atoms with E-state index >= 15 is 0 Å². The molecule has 41 heavy (non-hydrogen) atoms. The van der Waals surface area contributed by atoms with Gasteiger partial charge in [0.1, 0.15) is 38.6 Å². The number of hydrogen-bond acceptors (Lipinski definition) is 12. The number of carbonyl (C=O) groups excluding carboxylic acids is 4. The number of hydrogen-bond donors (Lipinski definition) is 2. The van der Waals surface area contributed by atoms with E-state index in [2.05, 4.69) is 13.2 Å². The molecule has 0 amide bonds. The number of benzene rings is 2. The molecule has 0 aliphatic carbocycles. The molecule has 0 saturated heterocycles. The van der Waals surface area contributed by atoms with Crippen molar-refractivity contribution in [1.82, 2.24) is 0 Å². The smallest absolute Gasteiger partial charge is 0.338 e. The van der Waals surface area contributed by atoms with Crippen LogP contribution in [0.3, 0.4) is 0 Å². The van der Waals surface area contributed by atoms with Crippen molar-refractivity contribution in [2.24, 2.45) is 0 Å². The van der Waals surface area contributed by atoms with Crippen molar-refractivity contribution in [2.45, 2.75) is 35.8 Å². The summed E-state index contributed by atoms with van der Waals surface area (Å²) in [5, 5.41) is 19.6. The molecule has 0 spiro atoms. The van der Waals surface area contributed by atoms with Crippen LogP contribution in [0.5, 0.6) is 0 Å². The summed E-state index contributed by atoms with van der Waals surface area (Å²) in [7, 11) is -4.02. The zero-order valence-corrected chi connectivity index (χ0v) is 23.2. The molecule has 2 rings (SSSR count). The second-order valence-electron chi connectivity index (χ2n) is 8.81. The summed E-state index contributed by atoms with van der Waals surface area (Å²) in [5.74, 6) is -3.06. The fourth-order valence-corrected chi connectivity index (χ4v) is 4.13. The van der Waals surface area contributed by atoms with E-state index in [0.717, 1.165) is 0 Å². The first-order chi connectivity index (χ1) is 19.2. The number of aliphatic hydroxyl groups is 2. The van der Waals surface area contributed by atoms with Gasteiger partial charge < -0.3 is 29.2 Å². The van der Waals surface area contributed by atoms with Crippen LogP contribution in [0.1, 0.15) is 34.6 Å². The summed E-state index contributed by atoms with van der Waals surface area (Å²) in [6.45, 7) is 7.96. The lowest BCUT2D eigenvalue weighted by molar-refractivity contribution is -0.143. The van der Waals surface area contributed by atoms with E-state index in [1.165, 1.54) is 62.4 Å². The number of carbonyl (C=O) groups is 4. The van der Waals surface area contributed by atoms with Gasteiger partial charge in [0, 0.05) is 11.1 Å². The molecule has 0 fully saturated rings. The van der Waals surface area contributed by atoms with Crippen molar-refractivity contribution < 1.29 is 56.8 Å². The van der Waals surface area contributed by atoms with Crippen LogP contribution in [0.15, 0.2) is 82.6 Å². The second-order valence-corrected chi connectivity index (χ2v) is 10.8. The molecule has 12 nitrogen and oxygen atoms in total. The van der Waals surface area contributed by atoms with Gasteiger partial charge in [-0.25, -0.2) is 27.6 Å². The summed E-state index contributed by atoms with van der Waals surface area (Å²) in [5.41, 5.74) is 0.335. The third-order valence-electron chi connectivity index (χ3n) is 5.12. The second kappa shape index (κ2) is 14.9. The number of sulfone groups is 1. The number of ether oxygens (including phenoxy) is 4. The Morgan fingerprint density at radius 1 is 0.634 bits per heavy atom. The molecule has 13 heteroatoms. The van der Waals surface area contributed by atoms with E-state index in [1.807, 2.05) is 0 Å². The van der Waals surface area contributed by atoms with Gasteiger partial charge in [0.15, 0.2) is 0 Å². The average molecular weight is 591 g/mol. The summed E-state index contributed by atoms with van der Waals surface area (Å²) in [4.78, 5) is 46.9. The molecule has 2 atom stereocenters. The first-order valence-corrected chi connectivity index (χ1v) is 13.5. The normalized spacial score (nSPS) is 12.4. The molecular weight excluding hydrogens is 560 g/mol. The minimum Gasteiger partial charge on any atom is -0.459 e. The van der Waals surface area contributed by atoms with E-state index in [9.17, 15) is 37.8 Å². The summed E-state index contributed by atoms with van der Waals surface area (Å²) >= 11 is 0. The SMILES string of the molecule is C=C(C)C(=O)OCC(O)COC(=O)c1ccc(S(=O)(=O)c2ccc(C(=O)OCC(O)COC(=O)C(=C)C)cc2)cc1. The topological polar surface area (TPSA) is 180 Å². The predicted molar refractivity (Wildman–Crippen MR) is 142 cm³/mol. The van der Waals surface area contributed by atoms with E-state index < -0.39 is 72.3 Å². The number of aliphatic hydroxyl groups excluding tert-OH is 2. The molecule has 2 N–H and O–H groups in total. The zero-order valence-electron chi connectivity index (χ0n) is 22.4. The molecule has 220 valence electrons. The van der Waals surface area contributed by atoms with Gasteiger partial charge in [0.05, 0.1) is 20.9 Å². The van der Waals surface area contributed by atoms with E-state index in [1.54, 1.807) is 0 Å². The van der Waals surface area contributed by atoms with Crippen molar-refractivity contribution in [1.29, 1.82) is 0 Å². The van der Waals surface area contributed by atoms with Gasteiger partial charge in [-0.2, -0.15) is 0 Å². The van der Waals surface area contributed by atoms with Crippen LogP contribution in [0.4, 0.5) is 0 Å². The highest BCUT2D eigenvalue weighted by Gasteiger charge is 2.21. The lowest BCUT2D eigenvalue weighted by atomic mass is 10.2. The minimum absolute atomic E-state index is 0.0183. The van der Waals surface area contributed by atoms with Crippen molar-refractivity contribution >= 4 is 33.7 Å². The third kappa shape index (κ3) is 9.98. The molecule has 0 aliphatic rings. The highest BCUT2D eigenvalue weighted by Crippen LogP contribution is 2.22. The van der Waals surface area contributed by atoms with Crippen LogP contribution in [0.25, 0.3) is 0 Å². The van der Waals surface area contributed by atoms with Gasteiger partial charge in [-0.15, -0.1) is 0 Å². The standard InChI is InChI=1S/C28H30O12S/c1-17(2)25(31)37-13-21(29)15-39-27(33)19-5-9-23(10-6-19)41(35,36)24-11-7-20(8-12-24)28(34)40-16-22(30)14-38-26(32)18(3)4/h5-12,21-22,29-30H,1,3,13-16H2,2,4H3. The van der Waals surface area contributed by atoms with Gasteiger partial charge >= 0.3 is 23.9 Å². The maximum absolute atomic E-state index is 13.0. The Kier molecular flexibility index (Phi) is 11.9. The van der Waals surface area contributed by atoms with Gasteiger partial charge in [-0.3, -0.25) is 0 Å². The minimum atomic E-state index is -4.02. The first kappa shape index (κ1) is 32.9. The molecule has 0 heterocycles. The highest BCUT2D eigenvalue weighted by molar-refractivity contribution is 7.91. The number of rotatable bonds is 14. The molecule has 2 aromatic rings. The van der Waals surface area contributed by atoms with Crippen LogP contribution < -0.4 is 0 Å². The van der Waals surface area contributed by atoms with E-state index in [0.29, 0.717) is 0 Å². The van der Waals surface area contributed by atoms with Crippen LogP contribution >= 0.6 is 0 Å². The Hall–Kier alpha value is -4.33. The Morgan fingerprint density at radius 3 is 1.22 bits per heavy atom. The first-order valence-electron chi connectivity index (χ1n) is 12.0. The van der Waals surface area contributed by atoms with Crippen molar-refractivity contribution in [2.75, 3.05) is 26.4 Å². The summed E-state index contributed by atoms with van der Waals surface area (Å²) in [6.07, 6.45) is -2.53. The van der Waals surface area contributed by atoms with Gasteiger partial charge in [0.2, 0.25) is 9.84 Å². The number of esters is 4. The molecule has 0 radical (unpaired) electrons. The molecular formula is C28H30O12S. The van der Waals surface area contributed by atoms with Gasteiger partial charge in [-0.05, 0) is 62.4 Å². The van der Waals surface area contributed by atoms with Crippen molar-refractivity contribution in [3.63, 3.8) is 0 Å². The molecule has 2 unspecified atom stereocenters. The predicted octanol–water partition coefficient (Wildman–Crippen LogP) is 1.79. The van der Waals surface area contributed by atoms with Crippen LogP contribution in [0, 0.1) is 0 Å². The largest absolute Gasteiger partial charge is 0.459 e. The van der Waals surface area contributed by atoms with Gasteiger partial charge in [0.25, 0.3) is 0 Å². The fraction of sp³-hybridized carbons (Fsp3) is 0.286. The fourth-order valence-electron chi connectivity index (χ4n) is 2.87. The van der Waals surface area contributed by atoms with Crippen molar-refractivity contribution in [3.8, 4) is 0 Å². The molecule has 0 aromatic heterocycles. The van der Waals surface area contributed by atoms with Crippen LogP contribution in [0.2, 0.25) is 0 Å². The molecule has 0 aliphatic heterocycles. The Balaban J connectivity index is 1.93. The van der Waals surface area contributed by atoms with E-state index in [4.69, 9.17) is 18.9 Å². The average Bonchev–Trinajstić information content (AvgIpc) is 2.95. The summed E-state index contributed by atoms with van der Waals surface area (Å²) < 4.78 is 45.4. The molecule has 0 bridgehead atoms.